The lowest BCUT2D eigenvalue weighted by Gasteiger charge is -2.31. The Bertz CT molecular complexity index is 712. The van der Waals surface area contributed by atoms with Crippen molar-refractivity contribution in [1.82, 2.24) is 4.98 Å². The molecule has 0 radical (unpaired) electrons. The van der Waals surface area contributed by atoms with Gasteiger partial charge in [0.15, 0.2) is 5.85 Å². The van der Waals surface area contributed by atoms with Gasteiger partial charge in [0.25, 0.3) is 0 Å². The maximum absolute atomic E-state index is 6.30. The highest BCUT2D eigenvalue weighted by molar-refractivity contribution is 7.68. The highest BCUT2D eigenvalue weighted by Crippen LogP contribution is 2.66. The fourth-order valence-corrected chi connectivity index (χ4v) is 5.86. The van der Waals surface area contributed by atoms with Crippen LogP contribution in [0.4, 0.5) is 0 Å². The molecule has 2 atom stereocenters. The Balaban J connectivity index is 2.12. The summed E-state index contributed by atoms with van der Waals surface area (Å²) in [5.41, 5.74) is 0.906. The molecule has 2 unspecified atom stereocenters. The van der Waals surface area contributed by atoms with Crippen molar-refractivity contribution in [2.45, 2.75) is 31.8 Å². The largest absolute Gasteiger partial charge is 0.496 e. The molecule has 1 aromatic heterocycles. The molecule has 122 valence electrons. The van der Waals surface area contributed by atoms with Gasteiger partial charge in [-0.25, -0.2) is 4.98 Å². The second-order valence-electron chi connectivity index (χ2n) is 6.42. The van der Waals surface area contributed by atoms with Crippen molar-refractivity contribution in [1.29, 1.82) is 0 Å². The zero-order valence-corrected chi connectivity index (χ0v) is 15.1. The summed E-state index contributed by atoms with van der Waals surface area (Å²) < 4.78 is 17.2. The van der Waals surface area contributed by atoms with Crippen molar-refractivity contribution in [2.24, 2.45) is 0 Å². The van der Waals surface area contributed by atoms with E-state index >= 15 is 0 Å². The minimum atomic E-state index is -0.651. The molecule has 0 saturated heterocycles. The van der Waals surface area contributed by atoms with Crippen LogP contribution in [0.1, 0.15) is 32.3 Å². The molecule has 1 aliphatic heterocycles. The molecule has 1 aromatic carbocycles. The second kappa shape index (κ2) is 6.01. The number of hydrogen-bond acceptors (Lipinski definition) is 4. The Morgan fingerprint density at radius 2 is 1.78 bits per heavy atom. The minimum absolute atomic E-state index is 0.0602. The first-order valence-electron chi connectivity index (χ1n) is 7.59. The molecule has 0 amide bonds. The number of fused-ring (bicyclic) bond motifs is 1. The van der Waals surface area contributed by atoms with E-state index in [9.17, 15) is 0 Å². The summed E-state index contributed by atoms with van der Waals surface area (Å²) in [4.78, 5) is 4.60. The fourth-order valence-electron chi connectivity index (χ4n) is 2.85. The number of pyridine rings is 1. The predicted octanol–water partition coefficient (Wildman–Crippen LogP) is 4.10. The second-order valence-corrected chi connectivity index (χ2v) is 9.42. The van der Waals surface area contributed by atoms with Gasteiger partial charge in [-0.1, -0.05) is 32.9 Å². The van der Waals surface area contributed by atoms with E-state index in [-0.39, 0.29) is 11.0 Å². The van der Waals surface area contributed by atoms with E-state index in [1.807, 2.05) is 36.4 Å². The molecule has 4 nitrogen and oxygen atoms in total. The first-order chi connectivity index (χ1) is 11.0. The Labute approximate surface area is 138 Å². The summed E-state index contributed by atoms with van der Waals surface area (Å²) >= 11 is 0. The smallest absolute Gasteiger partial charge is 0.213 e. The number of nitrogens with zero attached hydrogens (tertiary/aromatic N) is 1. The van der Waals surface area contributed by atoms with Gasteiger partial charge in [0.2, 0.25) is 5.88 Å². The number of hydrogen-bond donors (Lipinski definition) is 0. The van der Waals surface area contributed by atoms with Gasteiger partial charge >= 0.3 is 0 Å². The van der Waals surface area contributed by atoms with Gasteiger partial charge in [-0.05, 0) is 31.3 Å². The third kappa shape index (κ3) is 2.88. The first kappa shape index (κ1) is 16.1. The lowest BCUT2D eigenvalue weighted by Crippen LogP contribution is -2.21. The van der Waals surface area contributed by atoms with Crippen LogP contribution in [0.25, 0.3) is 0 Å². The fraction of sp³-hybridized carbons (Fsp3) is 0.389. The van der Waals surface area contributed by atoms with Crippen LogP contribution < -0.4 is 19.5 Å². The molecule has 0 spiro atoms. The number of methoxy groups -OCH3 is 2. The lowest BCUT2D eigenvalue weighted by molar-refractivity contribution is 0.291. The van der Waals surface area contributed by atoms with E-state index in [2.05, 4.69) is 25.8 Å². The van der Waals surface area contributed by atoms with Crippen molar-refractivity contribution in [3.05, 3.63) is 42.1 Å². The van der Waals surface area contributed by atoms with E-state index < -0.39 is 7.92 Å². The van der Waals surface area contributed by atoms with Gasteiger partial charge in [-0.15, -0.1) is 0 Å². The van der Waals surface area contributed by atoms with Crippen molar-refractivity contribution < 1.29 is 14.2 Å². The Kier molecular flexibility index (Phi) is 4.20. The molecule has 1 aliphatic rings. The van der Waals surface area contributed by atoms with E-state index in [0.717, 1.165) is 17.2 Å². The molecule has 0 saturated carbocycles. The molecule has 0 bridgehead atoms. The molecule has 23 heavy (non-hydrogen) atoms. The van der Waals surface area contributed by atoms with Crippen LogP contribution in [0.15, 0.2) is 36.4 Å². The molecule has 0 aliphatic carbocycles. The van der Waals surface area contributed by atoms with Crippen LogP contribution in [0.5, 0.6) is 17.4 Å². The van der Waals surface area contributed by atoms with Crippen LogP contribution in [0, 0.1) is 0 Å². The summed E-state index contributed by atoms with van der Waals surface area (Å²) in [5.74, 6) is 2.32. The van der Waals surface area contributed by atoms with Crippen LogP contribution in [0.2, 0.25) is 0 Å². The standard InChI is InChI=1S/C18H22NO3P/c1-18(2,3)23-16-13(20-4)9-7-10-14(16)22-17(23)12-8-6-11-15(19-12)21-5/h6-11,17H,1-5H3. The topological polar surface area (TPSA) is 40.6 Å². The molecular weight excluding hydrogens is 309 g/mol. The van der Waals surface area contributed by atoms with Gasteiger partial charge in [0, 0.05) is 6.07 Å². The predicted molar refractivity (Wildman–Crippen MR) is 93.5 cm³/mol. The third-order valence-electron chi connectivity index (χ3n) is 3.83. The Hall–Kier alpha value is -1.80. The molecule has 0 N–H and O–H groups in total. The molecule has 5 heteroatoms. The van der Waals surface area contributed by atoms with Crippen LogP contribution in [-0.2, 0) is 0 Å². The maximum Gasteiger partial charge on any atom is 0.213 e. The average molecular weight is 331 g/mol. The molecule has 0 fully saturated rings. The van der Waals surface area contributed by atoms with Gasteiger partial charge in [-0.2, -0.15) is 0 Å². The Morgan fingerprint density at radius 1 is 1.04 bits per heavy atom. The van der Waals surface area contributed by atoms with E-state index in [1.54, 1.807) is 14.2 Å². The van der Waals surface area contributed by atoms with Crippen molar-refractivity contribution in [3.8, 4) is 17.4 Å². The normalized spacial score (nSPS) is 19.9. The van der Waals surface area contributed by atoms with Gasteiger partial charge in [-0.3, -0.25) is 0 Å². The van der Waals surface area contributed by atoms with Crippen molar-refractivity contribution >= 4 is 13.2 Å². The van der Waals surface area contributed by atoms with Gasteiger partial charge in [0.05, 0.1) is 25.2 Å². The van der Waals surface area contributed by atoms with Gasteiger partial charge < -0.3 is 14.2 Å². The summed E-state index contributed by atoms with van der Waals surface area (Å²) in [6, 6.07) is 11.8. The molecule has 2 heterocycles. The number of rotatable bonds is 3. The highest BCUT2D eigenvalue weighted by atomic mass is 31.1. The third-order valence-corrected chi connectivity index (χ3v) is 7.03. The van der Waals surface area contributed by atoms with Crippen LogP contribution in [-0.4, -0.2) is 24.4 Å². The summed E-state index contributed by atoms with van der Waals surface area (Å²) in [6.45, 7) is 6.74. The van der Waals surface area contributed by atoms with Crippen molar-refractivity contribution in [3.63, 3.8) is 0 Å². The highest BCUT2D eigenvalue weighted by Gasteiger charge is 2.45. The molecule has 3 rings (SSSR count). The molecular formula is C18H22NO3P. The summed E-state index contributed by atoms with van der Waals surface area (Å²) in [7, 11) is 2.69. The average Bonchev–Trinajstić information content (AvgIpc) is 2.94. The minimum Gasteiger partial charge on any atom is -0.496 e. The van der Waals surface area contributed by atoms with Crippen molar-refractivity contribution in [2.75, 3.05) is 14.2 Å². The maximum atomic E-state index is 6.30. The number of aromatic nitrogens is 1. The first-order valence-corrected chi connectivity index (χ1v) is 9.00. The zero-order valence-electron chi connectivity index (χ0n) is 14.2. The lowest BCUT2D eigenvalue weighted by atomic mass is 10.3. The molecule has 2 aromatic rings. The van der Waals surface area contributed by atoms with Gasteiger partial charge in [0.1, 0.15) is 11.5 Å². The number of ether oxygens (including phenoxy) is 3. The van der Waals surface area contributed by atoms with Crippen LogP contribution >= 0.6 is 7.92 Å². The monoisotopic (exact) mass is 331 g/mol. The van der Waals surface area contributed by atoms with E-state index in [0.29, 0.717) is 5.88 Å². The number of benzene rings is 1. The zero-order chi connectivity index (χ0) is 16.6. The SMILES string of the molecule is COc1cccc(C2Oc3cccc(OC)c3P2C(C)(C)C)n1. The van der Waals surface area contributed by atoms with E-state index in [4.69, 9.17) is 14.2 Å². The quantitative estimate of drug-likeness (QED) is 0.794. The summed E-state index contributed by atoms with van der Waals surface area (Å²) in [6.07, 6.45) is 0. The van der Waals surface area contributed by atoms with Crippen LogP contribution in [0.3, 0.4) is 0 Å². The van der Waals surface area contributed by atoms with E-state index in [1.165, 1.54) is 5.30 Å². The summed E-state index contributed by atoms with van der Waals surface area (Å²) in [5, 5.41) is 1.25. The Morgan fingerprint density at radius 3 is 2.43 bits per heavy atom.